The minimum absolute atomic E-state index is 0.00875. The van der Waals surface area contributed by atoms with Gasteiger partial charge < -0.3 is 14.6 Å². The summed E-state index contributed by atoms with van der Waals surface area (Å²) in [5, 5.41) is 9.46. The molecule has 1 saturated heterocycles. The van der Waals surface area contributed by atoms with E-state index in [9.17, 15) is 5.11 Å². The van der Waals surface area contributed by atoms with Crippen LogP contribution in [0.25, 0.3) is 0 Å². The Morgan fingerprint density at radius 1 is 1.20 bits per heavy atom. The Hall–Kier alpha value is -0.160. The molecule has 1 aliphatic heterocycles. The first-order chi connectivity index (χ1) is 7.10. The first-order valence-electron chi connectivity index (χ1n) is 5.56. The van der Waals surface area contributed by atoms with Crippen LogP contribution in [0.15, 0.2) is 0 Å². The number of nitrogens with zero attached hydrogens (tertiary/aromatic N) is 1. The number of aliphatic hydroxyl groups is 1. The van der Waals surface area contributed by atoms with Crippen molar-refractivity contribution in [2.75, 3.05) is 27.9 Å². The fraction of sp³-hybridized carbons (Fsp3) is 1.00. The van der Waals surface area contributed by atoms with E-state index in [-0.39, 0.29) is 12.3 Å². The lowest BCUT2D eigenvalue weighted by molar-refractivity contribution is -0.212. The van der Waals surface area contributed by atoms with E-state index in [1.54, 1.807) is 14.2 Å². The molecule has 0 aromatic rings. The molecule has 0 aliphatic carbocycles. The van der Waals surface area contributed by atoms with Crippen molar-refractivity contribution >= 4 is 0 Å². The molecule has 0 spiro atoms. The number of hydrogen-bond acceptors (Lipinski definition) is 4. The predicted octanol–water partition coefficient (Wildman–Crippen LogP) is 1.19. The van der Waals surface area contributed by atoms with Crippen molar-refractivity contribution in [2.24, 2.45) is 0 Å². The number of likely N-dealkylation sites (tertiary alicyclic amines) is 1. The monoisotopic (exact) mass is 217 g/mol. The minimum atomic E-state index is -0.564. The van der Waals surface area contributed by atoms with Gasteiger partial charge in [-0.3, -0.25) is 0 Å². The molecular formula is C11H23NO3. The highest BCUT2D eigenvalue weighted by Crippen LogP contribution is 2.43. The normalized spacial score (nSPS) is 37.4. The van der Waals surface area contributed by atoms with Crippen molar-refractivity contribution in [3.8, 4) is 0 Å². The van der Waals surface area contributed by atoms with Crippen LogP contribution in [0.3, 0.4) is 0 Å². The zero-order valence-electron chi connectivity index (χ0n) is 10.2. The molecule has 4 nitrogen and oxygen atoms in total. The molecule has 90 valence electrons. The molecule has 1 heterocycles. The van der Waals surface area contributed by atoms with E-state index in [2.05, 4.69) is 6.92 Å². The predicted molar refractivity (Wildman–Crippen MR) is 58.5 cm³/mol. The molecule has 0 aromatic heterocycles. The van der Waals surface area contributed by atoms with Crippen LogP contribution < -0.4 is 0 Å². The number of hydrogen-bond donors (Lipinski definition) is 1. The summed E-state index contributed by atoms with van der Waals surface area (Å²) in [7, 11) is 5.34. The van der Waals surface area contributed by atoms with E-state index < -0.39 is 5.72 Å². The molecule has 0 radical (unpaired) electrons. The van der Waals surface area contributed by atoms with Gasteiger partial charge >= 0.3 is 0 Å². The van der Waals surface area contributed by atoms with Crippen LogP contribution in [0.1, 0.15) is 32.6 Å². The summed E-state index contributed by atoms with van der Waals surface area (Å²) in [5.74, 6) is 0. The molecule has 2 unspecified atom stereocenters. The van der Waals surface area contributed by atoms with E-state index in [1.165, 1.54) is 0 Å². The van der Waals surface area contributed by atoms with Crippen molar-refractivity contribution in [1.29, 1.82) is 0 Å². The van der Waals surface area contributed by atoms with Crippen LogP contribution >= 0.6 is 0 Å². The lowest BCUT2D eigenvalue weighted by Crippen LogP contribution is -2.55. The van der Waals surface area contributed by atoms with Gasteiger partial charge in [0.05, 0.1) is 6.61 Å². The first kappa shape index (κ1) is 12.9. The highest BCUT2D eigenvalue weighted by molar-refractivity contribution is 4.97. The zero-order chi connectivity index (χ0) is 11.5. The number of ether oxygens (including phenoxy) is 2. The molecule has 0 bridgehead atoms. The summed E-state index contributed by atoms with van der Waals surface area (Å²) in [6.07, 6.45) is 3.74. The smallest absolute Gasteiger partial charge is 0.146 e. The molecular weight excluding hydrogens is 194 g/mol. The van der Waals surface area contributed by atoms with Crippen molar-refractivity contribution in [3.63, 3.8) is 0 Å². The Labute approximate surface area is 92.2 Å². The van der Waals surface area contributed by atoms with E-state index in [1.807, 2.05) is 11.9 Å². The highest BCUT2D eigenvalue weighted by atomic mass is 16.5. The van der Waals surface area contributed by atoms with Gasteiger partial charge in [0.2, 0.25) is 0 Å². The van der Waals surface area contributed by atoms with Gasteiger partial charge in [-0.25, -0.2) is 4.90 Å². The van der Waals surface area contributed by atoms with E-state index in [0.717, 1.165) is 25.7 Å². The summed E-state index contributed by atoms with van der Waals surface area (Å²) in [5.41, 5.74) is -0.835. The third kappa shape index (κ3) is 1.91. The number of likely N-dealkylation sites (N-methyl/N-ethyl adjacent to an activating group) is 1. The van der Waals surface area contributed by atoms with Gasteiger partial charge in [-0.2, -0.15) is 0 Å². The first-order valence-corrected chi connectivity index (χ1v) is 5.56. The number of aliphatic hydroxyl groups excluding tert-OH is 1. The Balaban J connectivity index is 2.88. The van der Waals surface area contributed by atoms with E-state index >= 15 is 0 Å². The maximum atomic E-state index is 9.46. The van der Waals surface area contributed by atoms with Crippen LogP contribution in [0, 0.1) is 0 Å². The van der Waals surface area contributed by atoms with Crippen molar-refractivity contribution in [3.05, 3.63) is 0 Å². The second kappa shape index (κ2) is 4.78. The van der Waals surface area contributed by atoms with Crippen molar-refractivity contribution < 1.29 is 14.6 Å². The third-order valence-electron chi connectivity index (χ3n) is 3.78. The average Bonchev–Trinajstić information content (AvgIpc) is 2.55. The van der Waals surface area contributed by atoms with Crippen LogP contribution in [0.5, 0.6) is 0 Å². The van der Waals surface area contributed by atoms with Gasteiger partial charge in [-0.05, 0) is 26.3 Å². The maximum absolute atomic E-state index is 9.46. The molecule has 1 rings (SSSR count). The summed E-state index contributed by atoms with van der Waals surface area (Å²) < 4.78 is 11.1. The summed E-state index contributed by atoms with van der Waals surface area (Å²) >= 11 is 0. The minimum Gasteiger partial charge on any atom is -0.392 e. The van der Waals surface area contributed by atoms with Gasteiger partial charge in [0.15, 0.2) is 0 Å². The Bertz CT molecular complexity index is 206. The number of rotatable bonds is 5. The SMILES string of the molecule is CCCC1(OC)CCC(CO)(OC)N1C. The van der Waals surface area contributed by atoms with Crippen LogP contribution in [-0.2, 0) is 9.47 Å². The van der Waals surface area contributed by atoms with Gasteiger partial charge in [-0.15, -0.1) is 0 Å². The Morgan fingerprint density at radius 3 is 2.07 bits per heavy atom. The fourth-order valence-electron chi connectivity index (χ4n) is 2.61. The molecule has 1 aliphatic rings. The summed E-state index contributed by atoms with van der Waals surface area (Å²) in [4.78, 5) is 2.05. The lowest BCUT2D eigenvalue weighted by atomic mass is 10.0. The Morgan fingerprint density at radius 2 is 1.73 bits per heavy atom. The van der Waals surface area contributed by atoms with E-state index in [4.69, 9.17) is 9.47 Å². The Kier molecular flexibility index (Phi) is 4.12. The number of methoxy groups -OCH3 is 2. The standard InChI is InChI=1S/C11H23NO3/c1-5-6-10(14-3)7-8-11(9-13,15-4)12(10)2/h13H,5-9H2,1-4H3. The quantitative estimate of drug-likeness (QED) is 0.751. The van der Waals surface area contributed by atoms with E-state index in [0.29, 0.717) is 0 Å². The van der Waals surface area contributed by atoms with Crippen molar-refractivity contribution in [2.45, 2.75) is 44.1 Å². The highest BCUT2D eigenvalue weighted by Gasteiger charge is 2.53. The fourth-order valence-corrected chi connectivity index (χ4v) is 2.61. The lowest BCUT2D eigenvalue weighted by Gasteiger charge is -2.42. The zero-order valence-corrected chi connectivity index (χ0v) is 10.2. The molecule has 1 fully saturated rings. The molecule has 2 atom stereocenters. The molecule has 0 aromatic carbocycles. The van der Waals surface area contributed by atoms with Crippen LogP contribution in [-0.4, -0.2) is 49.3 Å². The molecule has 0 saturated carbocycles. The molecule has 4 heteroatoms. The van der Waals surface area contributed by atoms with Gasteiger partial charge in [0.1, 0.15) is 11.4 Å². The van der Waals surface area contributed by atoms with Crippen molar-refractivity contribution in [1.82, 2.24) is 4.90 Å². The van der Waals surface area contributed by atoms with Gasteiger partial charge in [-0.1, -0.05) is 13.3 Å². The second-order valence-corrected chi connectivity index (χ2v) is 4.27. The topological polar surface area (TPSA) is 41.9 Å². The van der Waals surface area contributed by atoms with Gasteiger partial charge in [0.25, 0.3) is 0 Å². The average molecular weight is 217 g/mol. The maximum Gasteiger partial charge on any atom is 0.146 e. The van der Waals surface area contributed by atoms with Gasteiger partial charge in [0, 0.05) is 14.2 Å². The van der Waals surface area contributed by atoms with Crippen LogP contribution in [0.2, 0.25) is 0 Å². The molecule has 0 amide bonds. The second-order valence-electron chi connectivity index (χ2n) is 4.27. The third-order valence-corrected chi connectivity index (χ3v) is 3.78. The molecule has 1 N–H and O–H groups in total. The summed E-state index contributed by atoms with van der Waals surface area (Å²) in [6, 6.07) is 0. The van der Waals surface area contributed by atoms with Crippen LogP contribution in [0.4, 0.5) is 0 Å². The largest absolute Gasteiger partial charge is 0.392 e. The molecule has 15 heavy (non-hydrogen) atoms. The summed E-state index contributed by atoms with van der Waals surface area (Å²) in [6.45, 7) is 2.15.